The second-order valence-corrected chi connectivity index (χ2v) is 4.45. The fraction of sp³-hybridized carbons (Fsp3) is 0.750. The van der Waals surface area contributed by atoms with Gasteiger partial charge in [0.15, 0.2) is 0 Å². The zero-order valence-corrected chi connectivity index (χ0v) is 9.75. The average molecular weight is 253 g/mol. The summed E-state index contributed by atoms with van der Waals surface area (Å²) in [5.41, 5.74) is 0. The molecule has 0 rings (SSSR count). The van der Waals surface area contributed by atoms with Gasteiger partial charge in [-0.05, 0) is 0 Å². The molecule has 0 bridgehead atoms. The fourth-order valence-electron chi connectivity index (χ4n) is 0.852. The molecule has 0 heterocycles. The molecule has 0 aromatic heterocycles. The van der Waals surface area contributed by atoms with E-state index in [4.69, 9.17) is 0 Å². The van der Waals surface area contributed by atoms with Gasteiger partial charge in [-0.3, -0.25) is 0 Å². The van der Waals surface area contributed by atoms with Gasteiger partial charge in [0.05, 0.1) is 0 Å². The average Bonchev–Trinajstić information content (AvgIpc) is 2.17. The van der Waals surface area contributed by atoms with Crippen LogP contribution in [-0.2, 0) is 19.1 Å². The molecule has 0 aromatic carbocycles. The van der Waals surface area contributed by atoms with Gasteiger partial charge in [-0.1, -0.05) is 0 Å². The first kappa shape index (κ1) is 12.5. The number of hydrogen-bond acceptors (Lipinski definition) is 4. The Bertz CT molecular complexity index is 165. The van der Waals surface area contributed by atoms with Crippen LogP contribution in [-0.4, -0.2) is 41.1 Å². The molecule has 0 aromatic rings. The molecular formula is C8H14O4Se. The van der Waals surface area contributed by atoms with Crippen LogP contribution in [0.4, 0.5) is 0 Å². The van der Waals surface area contributed by atoms with Crippen molar-refractivity contribution in [1.29, 1.82) is 0 Å². The molecule has 76 valence electrons. The molecule has 0 aliphatic rings. The number of hydrogen-bond donors (Lipinski definition) is 0. The Balaban J connectivity index is 4.18. The Hall–Kier alpha value is -0.541. The zero-order chi connectivity index (χ0) is 10.3. The van der Waals surface area contributed by atoms with Crippen molar-refractivity contribution in [3.05, 3.63) is 0 Å². The zero-order valence-electron chi connectivity index (χ0n) is 8.03. The molecule has 5 heteroatoms. The van der Waals surface area contributed by atoms with Gasteiger partial charge < -0.3 is 0 Å². The van der Waals surface area contributed by atoms with Crippen LogP contribution in [0.25, 0.3) is 0 Å². The molecule has 0 spiro atoms. The molecule has 0 saturated carbocycles. The van der Waals surface area contributed by atoms with Gasteiger partial charge in [0.25, 0.3) is 0 Å². The third-order valence-corrected chi connectivity index (χ3v) is 2.93. The molecule has 0 radical (unpaired) electrons. The molecule has 0 saturated heterocycles. The van der Waals surface area contributed by atoms with E-state index in [2.05, 4.69) is 15.3 Å². The van der Waals surface area contributed by atoms with E-state index in [1.807, 2.05) is 0 Å². The Morgan fingerprint density at radius 3 is 2.00 bits per heavy atom. The standard InChI is InChI=1S/C8H14O4Se/c1-11-7(9)6(4-5-13-3)8(10)12-2/h6H,4-5H2,1-3H3. The monoisotopic (exact) mass is 254 g/mol. The summed E-state index contributed by atoms with van der Waals surface area (Å²) < 4.78 is 9.00. The maximum absolute atomic E-state index is 11.1. The Kier molecular flexibility index (Phi) is 6.63. The van der Waals surface area contributed by atoms with Crippen LogP contribution in [0.2, 0.25) is 11.1 Å². The SMILES string of the molecule is COC(=O)C(CC[Se]C)C(=O)OC. The summed E-state index contributed by atoms with van der Waals surface area (Å²) in [6.45, 7) is 0. The number of carbonyl (C=O) groups is 2. The van der Waals surface area contributed by atoms with Gasteiger partial charge >= 0.3 is 83.7 Å². The second kappa shape index (κ2) is 6.92. The molecule has 0 unspecified atom stereocenters. The molecular weight excluding hydrogens is 239 g/mol. The van der Waals surface area contributed by atoms with Gasteiger partial charge in [-0.25, -0.2) is 0 Å². The minimum atomic E-state index is -0.739. The molecule has 4 nitrogen and oxygen atoms in total. The predicted molar refractivity (Wildman–Crippen MR) is 48.6 cm³/mol. The van der Waals surface area contributed by atoms with E-state index in [0.29, 0.717) is 21.4 Å². The van der Waals surface area contributed by atoms with Crippen molar-refractivity contribution in [3.8, 4) is 0 Å². The summed E-state index contributed by atoms with van der Waals surface area (Å²) in [5, 5.41) is 0.877. The number of carbonyl (C=O) groups excluding carboxylic acids is 2. The van der Waals surface area contributed by atoms with Crippen molar-refractivity contribution in [2.24, 2.45) is 5.92 Å². The minimum absolute atomic E-state index is 0.459. The molecule has 13 heavy (non-hydrogen) atoms. The van der Waals surface area contributed by atoms with E-state index in [1.54, 1.807) is 0 Å². The molecule has 0 fully saturated rings. The number of rotatable bonds is 5. The third-order valence-electron chi connectivity index (χ3n) is 1.58. The third kappa shape index (κ3) is 4.29. The van der Waals surface area contributed by atoms with Crippen LogP contribution in [0.5, 0.6) is 0 Å². The van der Waals surface area contributed by atoms with Crippen molar-refractivity contribution < 1.29 is 19.1 Å². The first-order valence-corrected chi connectivity index (χ1v) is 6.74. The fourth-order valence-corrected chi connectivity index (χ4v) is 1.84. The number of ether oxygens (including phenoxy) is 2. The summed E-state index contributed by atoms with van der Waals surface area (Å²) >= 11 is 0.459. The van der Waals surface area contributed by atoms with Gasteiger partial charge in [-0.2, -0.15) is 0 Å². The Labute approximate surface area is 84.1 Å². The predicted octanol–water partition coefficient (Wildman–Crippen LogP) is 0.509. The van der Waals surface area contributed by atoms with Crippen LogP contribution >= 0.6 is 0 Å². The maximum atomic E-state index is 11.1. The van der Waals surface area contributed by atoms with Crippen molar-refractivity contribution in [2.45, 2.75) is 17.6 Å². The van der Waals surface area contributed by atoms with Crippen molar-refractivity contribution in [2.75, 3.05) is 14.2 Å². The van der Waals surface area contributed by atoms with Crippen molar-refractivity contribution in [3.63, 3.8) is 0 Å². The number of esters is 2. The first-order valence-electron chi connectivity index (χ1n) is 3.82. The molecule has 0 aliphatic heterocycles. The first-order chi connectivity index (χ1) is 6.17. The van der Waals surface area contributed by atoms with E-state index >= 15 is 0 Å². The molecule has 0 amide bonds. The molecule has 0 N–H and O–H groups in total. The van der Waals surface area contributed by atoms with E-state index in [-0.39, 0.29) is 0 Å². The Morgan fingerprint density at radius 2 is 1.69 bits per heavy atom. The van der Waals surface area contributed by atoms with Gasteiger partial charge in [0.1, 0.15) is 0 Å². The van der Waals surface area contributed by atoms with Crippen LogP contribution < -0.4 is 0 Å². The van der Waals surface area contributed by atoms with E-state index < -0.39 is 17.9 Å². The van der Waals surface area contributed by atoms with Gasteiger partial charge in [-0.15, -0.1) is 0 Å². The summed E-state index contributed by atoms with van der Waals surface area (Å²) in [4.78, 5) is 22.2. The molecule has 0 aliphatic carbocycles. The van der Waals surface area contributed by atoms with E-state index in [1.165, 1.54) is 14.2 Å². The quantitative estimate of drug-likeness (QED) is 0.407. The van der Waals surface area contributed by atoms with E-state index in [9.17, 15) is 9.59 Å². The second-order valence-electron chi connectivity index (χ2n) is 2.38. The van der Waals surface area contributed by atoms with Crippen molar-refractivity contribution in [1.82, 2.24) is 0 Å². The summed E-state index contributed by atoms with van der Waals surface area (Å²) in [6, 6.07) is 0. The summed E-state index contributed by atoms with van der Waals surface area (Å²) in [7, 11) is 2.55. The van der Waals surface area contributed by atoms with Crippen LogP contribution in [0, 0.1) is 5.92 Å². The molecule has 0 atom stereocenters. The normalized spacial score (nSPS) is 9.85. The summed E-state index contributed by atoms with van der Waals surface area (Å²) in [5.74, 6) is 0.308. The Morgan fingerprint density at radius 1 is 1.23 bits per heavy atom. The topological polar surface area (TPSA) is 52.6 Å². The number of methoxy groups -OCH3 is 2. The van der Waals surface area contributed by atoms with Crippen LogP contribution in [0.15, 0.2) is 0 Å². The van der Waals surface area contributed by atoms with Gasteiger partial charge in [0.2, 0.25) is 0 Å². The van der Waals surface area contributed by atoms with Crippen LogP contribution in [0.3, 0.4) is 0 Å². The van der Waals surface area contributed by atoms with E-state index in [0.717, 1.165) is 5.32 Å². The van der Waals surface area contributed by atoms with Gasteiger partial charge in [0, 0.05) is 0 Å². The summed E-state index contributed by atoms with van der Waals surface area (Å²) in [6.07, 6.45) is 0.524. The van der Waals surface area contributed by atoms with Crippen LogP contribution in [0.1, 0.15) is 6.42 Å². The van der Waals surface area contributed by atoms with Crippen molar-refractivity contribution >= 4 is 26.9 Å².